The van der Waals surface area contributed by atoms with E-state index in [9.17, 15) is 23.3 Å². The quantitative estimate of drug-likeness (QED) is 0.522. The molecule has 1 N–H and O–H groups in total. The van der Waals surface area contributed by atoms with Crippen molar-refractivity contribution in [2.45, 2.75) is 19.4 Å². The summed E-state index contributed by atoms with van der Waals surface area (Å²) in [6.45, 7) is 2.82. The molecule has 0 spiro atoms. The summed E-state index contributed by atoms with van der Waals surface area (Å²) in [5.74, 6) is -0.0487. The van der Waals surface area contributed by atoms with Gasteiger partial charge in [0.15, 0.2) is 9.84 Å². The van der Waals surface area contributed by atoms with Crippen molar-refractivity contribution in [3.8, 4) is 0 Å². The average Bonchev–Trinajstić information content (AvgIpc) is 3.32. The van der Waals surface area contributed by atoms with Crippen molar-refractivity contribution in [1.29, 1.82) is 0 Å². The van der Waals surface area contributed by atoms with Crippen molar-refractivity contribution in [1.82, 2.24) is 5.32 Å². The first kappa shape index (κ1) is 22.1. The van der Waals surface area contributed by atoms with Crippen molar-refractivity contribution < 1.29 is 18.1 Å². The van der Waals surface area contributed by atoms with Crippen molar-refractivity contribution in [2.24, 2.45) is 0 Å². The van der Waals surface area contributed by atoms with Gasteiger partial charge in [-0.05, 0) is 42.7 Å². The van der Waals surface area contributed by atoms with Crippen LogP contribution < -0.4 is 15.1 Å². The molecule has 2 heterocycles. The minimum atomic E-state index is -2.93. The van der Waals surface area contributed by atoms with Crippen LogP contribution in [0.25, 0.3) is 0 Å². The summed E-state index contributed by atoms with van der Waals surface area (Å²) in [6.07, 6.45) is 2.02. The second-order valence-electron chi connectivity index (χ2n) is 8.14. The zero-order valence-corrected chi connectivity index (χ0v) is 18.5. The third kappa shape index (κ3) is 5.01. The molecule has 0 aliphatic carbocycles. The van der Waals surface area contributed by atoms with Gasteiger partial charge in [-0.15, -0.1) is 0 Å². The second-order valence-corrected chi connectivity index (χ2v) is 10.4. The Morgan fingerprint density at radius 1 is 0.969 bits per heavy atom. The van der Waals surface area contributed by atoms with Crippen LogP contribution in [0.5, 0.6) is 0 Å². The van der Waals surface area contributed by atoms with Gasteiger partial charge in [0.1, 0.15) is 5.69 Å². The van der Waals surface area contributed by atoms with Crippen molar-refractivity contribution in [3.63, 3.8) is 0 Å². The lowest BCUT2D eigenvalue weighted by Crippen LogP contribution is -2.40. The Morgan fingerprint density at radius 2 is 1.62 bits per heavy atom. The average molecular weight is 459 g/mol. The van der Waals surface area contributed by atoms with Crippen molar-refractivity contribution in [2.75, 3.05) is 47.5 Å². The number of nitro benzene ring substituents is 1. The summed E-state index contributed by atoms with van der Waals surface area (Å²) in [6, 6.07) is 12.2. The molecule has 0 radical (unpaired) electrons. The number of carbonyl (C=O) groups excluding carboxylic acids is 1. The molecule has 2 aliphatic rings. The van der Waals surface area contributed by atoms with Crippen LogP contribution in [0.15, 0.2) is 42.5 Å². The first-order valence-electron chi connectivity index (χ1n) is 10.7. The number of sulfone groups is 1. The summed E-state index contributed by atoms with van der Waals surface area (Å²) < 4.78 is 23.2. The van der Waals surface area contributed by atoms with Gasteiger partial charge in [-0.1, -0.05) is 12.1 Å². The number of benzene rings is 2. The van der Waals surface area contributed by atoms with E-state index in [-0.39, 0.29) is 35.2 Å². The number of anilines is 2. The van der Waals surface area contributed by atoms with E-state index in [0.29, 0.717) is 18.8 Å². The highest BCUT2D eigenvalue weighted by Crippen LogP contribution is 2.31. The summed E-state index contributed by atoms with van der Waals surface area (Å²) in [4.78, 5) is 27.7. The number of rotatable bonds is 6. The van der Waals surface area contributed by atoms with Gasteiger partial charge in [0.05, 0.1) is 16.4 Å². The number of nitrogens with zero attached hydrogens (tertiary/aromatic N) is 3. The third-order valence-corrected chi connectivity index (χ3v) is 7.59. The van der Waals surface area contributed by atoms with Gasteiger partial charge in [-0.25, -0.2) is 8.42 Å². The van der Waals surface area contributed by atoms with E-state index in [4.69, 9.17) is 0 Å². The van der Waals surface area contributed by atoms with E-state index in [2.05, 4.69) is 5.32 Å². The predicted molar refractivity (Wildman–Crippen MR) is 123 cm³/mol. The Balaban J connectivity index is 1.38. The number of hydrogen-bond acceptors (Lipinski definition) is 7. The largest absolute Gasteiger partial charge is 0.369 e. The fourth-order valence-corrected chi connectivity index (χ4v) is 5.32. The summed E-state index contributed by atoms with van der Waals surface area (Å²) in [7, 11) is -2.93. The van der Waals surface area contributed by atoms with Crippen LogP contribution in [0.2, 0.25) is 0 Å². The Morgan fingerprint density at radius 3 is 2.25 bits per heavy atom. The SMILES string of the molecule is O=C(NCc1ccc(N2CCS(=O)(=O)CC2)cc1)c1ccc(N2CCCC2)c([N+](=O)[O-])c1. The van der Waals surface area contributed by atoms with Crippen LogP contribution in [0.3, 0.4) is 0 Å². The number of amides is 1. The molecule has 170 valence electrons. The Labute approximate surface area is 187 Å². The van der Waals surface area contributed by atoms with Gasteiger partial charge < -0.3 is 15.1 Å². The van der Waals surface area contributed by atoms with Gasteiger partial charge in [0, 0.05) is 50.0 Å². The fourth-order valence-electron chi connectivity index (χ4n) is 4.12. The molecule has 0 atom stereocenters. The molecular weight excluding hydrogens is 432 g/mol. The molecule has 2 aromatic rings. The summed E-state index contributed by atoms with van der Waals surface area (Å²) in [5.41, 5.74) is 2.60. The lowest BCUT2D eigenvalue weighted by molar-refractivity contribution is -0.384. The van der Waals surface area contributed by atoms with E-state index in [1.807, 2.05) is 34.1 Å². The standard InChI is InChI=1S/C22H26N4O5S/c27-22(18-5-8-20(21(15-18)26(28)29)25-9-1-2-10-25)23-16-17-3-6-19(7-4-17)24-11-13-32(30,31)14-12-24/h3-8,15H,1-2,9-14,16H2,(H,23,27). The molecule has 1 amide bonds. The molecule has 4 rings (SSSR count). The fraction of sp³-hybridized carbons (Fsp3) is 0.409. The Hall–Kier alpha value is -3.14. The maximum Gasteiger partial charge on any atom is 0.293 e. The van der Waals surface area contributed by atoms with Crippen LogP contribution in [-0.2, 0) is 16.4 Å². The first-order chi connectivity index (χ1) is 15.3. The molecule has 2 aromatic carbocycles. The highest BCUT2D eigenvalue weighted by Gasteiger charge is 2.24. The van der Waals surface area contributed by atoms with Crippen LogP contribution in [0.4, 0.5) is 17.1 Å². The van der Waals surface area contributed by atoms with Crippen LogP contribution >= 0.6 is 0 Å². The number of nitrogens with one attached hydrogen (secondary N) is 1. The molecule has 2 fully saturated rings. The van der Waals surface area contributed by atoms with Gasteiger partial charge in [-0.2, -0.15) is 0 Å². The molecule has 0 unspecified atom stereocenters. The normalized spacial score (nSPS) is 17.9. The molecular formula is C22H26N4O5S. The molecule has 0 bridgehead atoms. The van der Waals surface area contributed by atoms with Gasteiger partial charge in [0.25, 0.3) is 11.6 Å². The highest BCUT2D eigenvalue weighted by molar-refractivity contribution is 7.91. The number of carbonyl (C=O) groups is 1. The second kappa shape index (κ2) is 9.15. The minimum absolute atomic E-state index is 0.0487. The summed E-state index contributed by atoms with van der Waals surface area (Å²) >= 11 is 0. The highest BCUT2D eigenvalue weighted by atomic mass is 32.2. The molecule has 10 heteroatoms. The molecule has 9 nitrogen and oxygen atoms in total. The Bertz CT molecular complexity index is 1100. The van der Waals surface area contributed by atoms with Crippen molar-refractivity contribution >= 4 is 32.8 Å². The molecule has 0 aromatic heterocycles. The Kier molecular flexibility index (Phi) is 6.31. The predicted octanol–water partition coefficient (Wildman–Crippen LogP) is 2.36. The zero-order chi connectivity index (χ0) is 22.7. The topological polar surface area (TPSA) is 113 Å². The molecule has 2 saturated heterocycles. The maximum atomic E-state index is 12.6. The minimum Gasteiger partial charge on any atom is -0.369 e. The van der Waals surface area contributed by atoms with E-state index >= 15 is 0 Å². The van der Waals surface area contributed by atoms with Crippen LogP contribution in [0.1, 0.15) is 28.8 Å². The monoisotopic (exact) mass is 458 g/mol. The number of nitro groups is 1. The molecule has 0 saturated carbocycles. The van der Waals surface area contributed by atoms with Crippen LogP contribution in [0, 0.1) is 10.1 Å². The lowest BCUT2D eigenvalue weighted by atomic mass is 10.1. The summed E-state index contributed by atoms with van der Waals surface area (Å²) in [5, 5.41) is 14.4. The van der Waals surface area contributed by atoms with E-state index in [0.717, 1.165) is 37.2 Å². The van der Waals surface area contributed by atoms with Gasteiger partial charge >= 0.3 is 0 Å². The molecule has 32 heavy (non-hydrogen) atoms. The number of hydrogen-bond donors (Lipinski definition) is 1. The lowest BCUT2D eigenvalue weighted by Gasteiger charge is -2.28. The van der Waals surface area contributed by atoms with E-state index in [1.54, 1.807) is 12.1 Å². The van der Waals surface area contributed by atoms with Gasteiger partial charge in [-0.3, -0.25) is 14.9 Å². The van der Waals surface area contributed by atoms with Crippen LogP contribution in [-0.4, -0.2) is 56.9 Å². The first-order valence-corrected chi connectivity index (χ1v) is 12.5. The van der Waals surface area contributed by atoms with Crippen molar-refractivity contribution in [3.05, 3.63) is 63.7 Å². The maximum absolute atomic E-state index is 12.6. The van der Waals surface area contributed by atoms with E-state index in [1.165, 1.54) is 6.07 Å². The van der Waals surface area contributed by atoms with Gasteiger partial charge in [0.2, 0.25) is 0 Å². The smallest absolute Gasteiger partial charge is 0.293 e. The third-order valence-electron chi connectivity index (χ3n) is 5.98. The van der Waals surface area contributed by atoms with E-state index < -0.39 is 14.8 Å². The molecule has 2 aliphatic heterocycles. The zero-order valence-electron chi connectivity index (χ0n) is 17.7.